The molecule has 1 heterocycles. The Morgan fingerprint density at radius 3 is 2.88 bits per heavy atom. The van der Waals surface area contributed by atoms with Crippen molar-refractivity contribution in [2.75, 3.05) is 13.1 Å². The van der Waals surface area contributed by atoms with Gasteiger partial charge in [0, 0.05) is 5.02 Å². The largest absolute Gasteiger partial charge is 0.316 e. The van der Waals surface area contributed by atoms with Crippen molar-refractivity contribution in [2.24, 2.45) is 11.8 Å². The van der Waals surface area contributed by atoms with Crippen LogP contribution in [0.15, 0.2) is 24.3 Å². The fourth-order valence-corrected chi connectivity index (χ4v) is 2.93. The van der Waals surface area contributed by atoms with Crippen molar-refractivity contribution in [2.45, 2.75) is 26.2 Å². The van der Waals surface area contributed by atoms with Gasteiger partial charge in [-0.1, -0.05) is 37.6 Å². The highest BCUT2D eigenvalue weighted by atomic mass is 35.5. The monoisotopic (exact) mass is 237 g/mol. The molecule has 0 bridgehead atoms. The van der Waals surface area contributed by atoms with Gasteiger partial charge in [0.1, 0.15) is 0 Å². The number of piperidine rings is 1. The first-order chi connectivity index (χ1) is 7.68. The van der Waals surface area contributed by atoms with E-state index in [2.05, 4.69) is 37.4 Å². The van der Waals surface area contributed by atoms with E-state index in [1.165, 1.54) is 12.0 Å². The molecule has 1 aliphatic heterocycles. The fraction of sp³-hybridized carbons (Fsp3) is 0.571. The second kappa shape index (κ2) is 5.20. The molecule has 1 fully saturated rings. The van der Waals surface area contributed by atoms with Crippen molar-refractivity contribution in [3.8, 4) is 0 Å². The zero-order chi connectivity index (χ0) is 11.5. The van der Waals surface area contributed by atoms with E-state index in [0.29, 0.717) is 5.92 Å². The lowest BCUT2D eigenvalue weighted by molar-refractivity contribution is 0.255. The van der Waals surface area contributed by atoms with Gasteiger partial charge in [0.15, 0.2) is 0 Å². The van der Waals surface area contributed by atoms with Gasteiger partial charge in [-0.05, 0) is 55.0 Å². The van der Waals surface area contributed by atoms with Crippen LogP contribution in [0.5, 0.6) is 0 Å². The molecule has 1 nitrogen and oxygen atoms in total. The highest BCUT2D eigenvalue weighted by Gasteiger charge is 2.28. The van der Waals surface area contributed by atoms with Crippen LogP contribution in [-0.4, -0.2) is 13.1 Å². The molecule has 0 amide bonds. The maximum atomic E-state index is 6.08. The van der Waals surface area contributed by atoms with Crippen LogP contribution in [0.25, 0.3) is 0 Å². The SMILES string of the molecule is CC(C)C1CNCCC1c1cccc(Cl)c1. The molecule has 1 saturated heterocycles. The predicted molar refractivity (Wildman–Crippen MR) is 70.0 cm³/mol. The van der Waals surface area contributed by atoms with Gasteiger partial charge in [-0.2, -0.15) is 0 Å². The Labute approximate surface area is 103 Å². The molecule has 0 aromatic heterocycles. The van der Waals surface area contributed by atoms with Crippen LogP contribution in [-0.2, 0) is 0 Å². The van der Waals surface area contributed by atoms with Crippen LogP contribution >= 0.6 is 11.6 Å². The first-order valence-corrected chi connectivity index (χ1v) is 6.52. The Balaban J connectivity index is 2.23. The average molecular weight is 238 g/mol. The van der Waals surface area contributed by atoms with E-state index < -0.39 is 0 Å². The van der Waals surface area contributed by atoms with E-state index in [0.717, 1.165) is 29.9 Å². The fourth-order valence-electron chi connectivity index (χ4n) is 2.73. The van der Waals surface area contributed by atoms with Gasteiger partial charge in [-0.25, -0.2) is 0 Å². The first-order valence-electron chi connectivity index (χ1n) is 6.14. The molecule has 1 N–H and O–H groups in total. The molecule has 1 aliphatic rings. The number of hydrogen-bond donors (Lipinski definition) is 1. The molecular weight excluding hydrogens is 218 g/mol. The Morgan fingerprint density at radius 2 is 2.19 bits per heavy atom. The highest BCUT2D eigenvalue weighted by molar-refractivity contribution is 6.30. The van der Waals surface area contributed by atoms with Crippen molar-refractivity contribution in [1.82, 2.24) is 5.32 Å². The summed E-state index contributed by atoms with van der Waals surface area (Å²) < 4.78 is 0. The smallest absolute Gasteiger partial charge is 0.0408 e. The lowest BCUT2D eigenvalue weighted by Crippen LogP contribution is -2.38. The third-order valence-electron chi connectivity index (χ3n) is 3.66. The second-order valence-electron chi connectivity index (χ2n) is 5.06. The molecule has 0 radical (unpaired) electrons. The second-order valence-corrected chi connectivity index (χ2v) is 5.50. The third-order valence-corrected chi connectivity index (χ3v) is 3.90. The molecule has 2 heteroatoms. The molecule has 2 rings (SSSR count). The van der Waals surface area contributed by atoms with Crippen molar-refractivity contribution in [3.05, 3.63) is 34.9 Å². The van der Waals surface area contributed by atoms with Crippen molar-refractivity contribution >= 4 is 11.6 Å². The minimum absolute atomic E-state index is 0.667. The number of halogens is 1. The van der Waals surface area contributed by atoms with Crippen molar-refractivity contribution in [3.63, 3.8) is 0 Å². The molecule has 0 spiro atoms. The summed E-state index contributed by atoms with van der Waals surface area (Å²) in [4.78, 5) is 0. The summed E-state index contributed by atoms with van der Waals surface area (Å²) in [5.74, 6) is 2.11. The van der Waals surface area contributed by atoms with Crippen LogP contribution in [0, 0.1) is 11.8 Å². The summed E-state index contributed by atoms with van der Waals surface area (Å²) in [6.45, 7) is 6.89. The van der Waals surface area contributed by atoms with Gasteiger partial charge in [0.25, 0.3) is 0 Å². The molecule has 0 saturated carbocycles. The molecule has 2 atom stereocenters. The van der Waals surface area contributed by atoms with E-state index in [1.54, 1.807) is 0 Å². The number of benzene rings is 1. The Bertz CT molecular complexity index is 348. The van der Waals surface area contributed by atoms with E-state index in [-0.39, 0.29) is 0 Å². The minimum Gasteiger partial charge on any atom is -0.316 e. The van der Waals surface area contributed by atoms with Crippen LogP contribution in [0.4, 0.5) is 0 Å². The normalized spacial score (nSPS) is 26.0. The predicted octanol–water partition coefficient (Wildman–Crippen LogP) is 3.69. The highest BCUT2D eigenvalue weighted by Crippen LogP contribution is 2.35. The summed E-state index contributed by atoms with van der Waals surface area (Å²) in [5, 5.41) is 4.36. The van der Waals surface area contributed by atoms with Gasteiger partial charge < -0.3 is 5.32 Å². The Hall–Kier alpha value is -0.530. The molecule has 0 aliphatic carbocycles. The van der Waals surface area contributed by atoms with Crippen molar-refractivity contribution < 1.29 is 0 Å². The molecule has 1 aromatic carbocycles. The molecule has 1 aromatic rings. The molecule has 2 unspecified atom stereocenters. The van der Waals surface area contributed by atoms with Crippen LogP contribution in [0.3, 0.4) is 0 Å². The minimum atomic E-state index is 0.667. The number of rotatable bonds is 2. The molecule has 88 valence electrons. The van der Waals surface area contributed by atoms with E-state index in [9.17, 15) is 0 Å². The summed E-state index contributed by atoms with van der Waals surface area (Å²) in [6, 6.07) is 8.37. The van der Waals surface area contributed by atoms with E-state index in [4.69, 9.17) is 11.6 Å². The van der Waals surface area contributed by atoms with Crippen LogP contribution in [0.2, 0.25) is 5.02 Å². The van der Waals surface area contributed by atoms with Crippen molar-refractivity contribution in [1.29, 1.82) is 0 Å². The average Bonchev–Trinajstić information content (AvgIpc) is 2.29. The summed E-state index contributed by atoms with van der Waals surface area (Å²) >= 11 is 6.08. The first kappa shape index (κ1) is 11.9. The van der Waals surface area contributed by atoms with Gasteiger partial charge in [-0.3, -0.25) is 0 Å². The summed E-state index contributed by atoms with van der Waals surface area (Å²) in [6.07, 6.45) is 1.23. The number of hydrogen-bond acceptors (Lipinski definition) is 1. The van der Waals surface area contributed by atoms with E-state index >= 15 is 0 Å². The zero-order valence-corrected chi connectivity index (χ0v) is 10.8. The summed E-state index contributed by atoms with van der Waals surface area (Å²) in [7, 11) is 0. The topological polar surface area (TPSA) is 12.0 Å². The van der Waals surface area contributed by atoms with Crippen LogP contribution in [0.1, 0.15) is 31.7 Å². The maximum Gasteiger partial charge on any atom is 0.0408 e. The Kier molecular flexibility index (Phi) is 3.88. The molecular formula is C14H20ClN. The lowest BCUT2D eigenvalue weighted by atomic mass is 9.75. The van der Waals surface area contributed by atoms with Gasteiger partial charge >= 0.3 is 0 Å². The van der Waals surface area contributed by atoms with E-state index in [1.807, 2.05) is 6.07 Å². The lowest BCUT2D eigenvalue weighted by Gasteiger charge is -2.35. The van der Waals surface area contributed by atoms with Gasteiger partial charge in [-0.15, -0.1) is 0 Å². The zero-order valence-electron chi connectivity index (χ0n) is 10.0. The third kappa shape index (κ3) is 2.58. The van der Waals surface area contributed by atoms with Gasteiger partial charge in [0.2, 0.25) is 0 Å². The van der Waals surface area contributed by atoms with Gasteiger partial charge in [0.05, 0.1) is 0 Å². The Morgan fingerprint density at radius 1 is 1.38 bits per heavy atom. The number of nitrogens with one attached hydrogen (secondary N) is 1. The maximum absolute atomic E-state index is 6.08. The quantitative estimate of drug-likeness (QED) is 0.827. The van der Waals surface area contributed by atoms with Crippen LogP contribution < -0.4 is 5.32 Å². The summed E-state index contributed by atoms with van der Waals surface area (Å²) in [5.41, 5.74) is 1.41. The standard InChI is InChI=1S/C14H20ClN/c1-10(2)14-9-16-7-6-13(14)11-4-3-5-12(15)8-11/h3-5,8,10,13-14,16H,6-7,9H2,1-2H3. The molecule has 16 heavy (non-hydrogen) atoms.